The number of rotatable bonds is 4. The van der Waals surface area contributed by atoms with Gasteiger partial charge in [-0.2, -0.15) is 0 Å². The standard InChI is InChI=1S/C12H11ClN2S/c1-2-7-14-12-15-11(8-16-12)9-5-3-4-6-10(9)13/h2-6,8H,1,7H2,(H,14,15). The van der Waals surface area contributed by atoms with Gasteiger partial charge in [-0.15, -0.1) is 17.9 Å². The SMILES string of the molecule is C=CCNc1nc(-c2ccccc2Cl)cs1. The normalized spacial score (nSPS) is 10.1. The summed E-state index contributed by atoms with van der Waals surface area (Å²) in [6, 6.07) is 7.70. The monoisotopic (exact) mass is 250 g/mol. The van der Waals surface area contributed by atoms with Crippen molar-refractivity contribution in [3.05, 3.63) is 47.3 Å². The van der Waals surface area contributed by atoms with Crippen LogP contribution < -0.4 is 5.32 Å². The van der Waals surface area contributed by atoms with Crippen LogP contribution in [0.2, 0.25) is 5.02 Å². The molecule has 0 saturated carbocycles. The third-order valence-corrected chi connectivity index (χ3v) is 3.18. The first-order chi connectivity index (χ1) is 7.81. The zero-order chi connectivity index (χ0) is 11.4. The van der Waals surface area contributed by atoms with Crippen molar-refractivity contribution in [3.63, 3.8) is 0 Å². The molecule has 0 aliphatic heterocycles. The predicted octanol–water partition coefficient (Wildman–Crippen LogP) is 4.06. The van der Waals surface area contributed by atoms with E-state index in [-0.39, 0.29) is 0 Å². The number of hydrogen-bond donors (Lipinski definition) is 1. The number of halogens is 1. The highest BCUT2D eigenvalue weighted by Gasteiger charge is 2.06. The Morgan fingerprint density at radius 3 is 3.00 bits per heavy atom. The molecule has 2 nitrogen and oxygen atoms in total. The van der Waals surface area contributed by atoms with Crippen molar-refractivity contribution >= 4 is 28.1 Å². The molecule has 0 aliphatic carbocycles. The third kappa shape index (κ3) is 2.43. The summed E-state index contributed by atoms with van der Waals surface area (Å²) in [7, 11) is 0. The molecule has 1 aromatic heterocycles. The summed E-state index contributed by atoms with van der Waals surface area (Å²) in [5, 5.41) is 6.75. The van der Waals surface area contributed by atoms with Crippen molar-refractivity contribution in [3.8, 4) is 11.3 Å². The summed E-state index contributed by atoms with van der Waals surface area (Å²) in [5.41, 5.74) is 1.87. The fraction of sp³-hybridized carbons (Fsp3) is 0.0833. The van der Waals surface area contributed by atoms with Gasteiger partial charge < -0.3 is 5.32 Å². The Bertz CT molecular complexity index is 493. The van der Waals surface area contributed by atoms with Crippen LogP contribution in [-0.2, 0) is 0 Å². The van der Waals surface area contributed by atoms with Crippen molar-refractivity contribution in [1.29, 1.82) is 0 Å². The van der Waals surface area contributed by atoms with E-state index >= 15 is 0 Å². The summed E-state index contributed by atoms with van der Waals surface area (Å²) < 4.78 is 0. The van der Waals surface area contributed by atoms with Crippen molar-refractivity contribution in [2.24, 2.45) is 0 Å². The van der Waals surface area contributed by atoms with E-state index in [1.165, 1.54) is 0 Å². The highest BCUT2D eigenvalue weighted by molar-refractivity contribution is 7.14. The smallest absolute Gasteiger partial charge is 0.183 e. The van der Waals surface area contributed by atoms with E-state index in [4.69, 9.17) is 11.6 Å². The summed E-state index contributed by atoms with van der Waals surface area (Å²) in [6.07, 6.45) is 1.80. The van der Waals surface area contributed by atoms with E-state index in [9.17, 15) is 0 Å². The Kier molecular flexibility index (Phi) is 3.59. The number of benzene rings is 1. The lowest BCUT2D eigenvalue weighted by molar-refractivity contribution is 1.29. The average molecular weight is 251 g/mol. The second-order valence-electron chi connectivity index (χ2n) is 3.19. The quantitative estimate of drug-likeness (QED) is 0.828. The Morgan fingerprint density at radius 1 is 1.44 bits per heavy atom. The molecule has 0 amide bonds. The Hall–Kier alpha value is -1.32. The molecule has 2 aromatic rings. The summed E-state index contributed by atoms with van der Waals surface area (Å²) in [5.74, 6) is 0. The predicted molar refractivity (Wildman–Crippen MR) is 71.2 cm³/mol. The minimum atomic E-state index is 0.718. The van der Waals surface area contributed by atoms with Crippen LogP contribution in [0.1, 0.15) is 0 Å². The second-order valence-corrected chi connectivity index (χ2v) is 4.45. The molecule has 0 aliphatic rings. The molecule has 1 heterocycles. The van der Waals surface area contributed by atoms with E-state index in [0.717, 1.165) is 28.0 Å². The Balaban J connectivity index is 2.25. The first-order valence-corrected chi connectivity index (χ1v) is 6.12. The number of nitrogens with zero attached hydrogens (tertiary/aromatic N) is 1. The molecular formula is C12H11ClN2S. The van der Waals surface area contributed by atoms with Gasteiger partial charge in [-0.05, 0) is 6.07 Å². The fourth-order valence-corrected chi connectivity index (χ4v) is 2.26. The molecule has 0 fully saturated rings. The van der Waals surface area contributed by atoms with Crippen LogP contribution in [0.4, 0.5) is 5.13 Å². The lowest BCUT2D eigenvalue weighted by Gasteiger charge is -1.99. The summed E-state index contributed by atoms with van der Waals surface area (Å²) in [4.78, 5) is 4.45. The largest absolute Gasteiger partial charge is 0.358 e. The molecule has 82 valence electrons. The zero-order valence-corrected chi connectivity index (χ0v) is 10.2. The van der Waals surface area contributed by atoms with Crippen LogP contribution in [0.5, 0.6) is 0 Å². The zero-order valence-electron chi connectivity index (χ0n) is 8.61. The van der Waals surface area contributed by atoms with Crippen molar-refractivity contribution in [2.75, 3.05) is 11.9 Å². The molecule has 0 saturated heterocycles. The molecular weight excluding hydrogens is 240 g/mol. The van der Waals surface area contributed by atoms with Crippen molar-refractivity contribution in [1.82, 2.24) is 4.98 Å². The van der Waals surface area contributed by atoms with Crippen LogP contribution in [0, 0.1) is 0 Å². The van der Waals surface area contributed by atoms with E-state index in [1.807, 2.05) is 29.6 Å². The summed E-state index contributed by atoms with van der Waals surface area (Å²) >= 11 is 7.66. The Morgan fingerprint density at radius 2 is 2.25 bits per heavy atom. The number of anilines is 1. The highest BCUT2D eigenvalue weighted by Crippen LogP contribution is 2.29. The van der Waals surface area contributed by atoms with Gasteiger partial charge in [0.25, 0.3) is 0 Å². The van der Waals surface area contributed by atoms with E-state index < -0.39 is 0 Å². The average Bonchev–Trinajstić information content (AvgIpc) is 2.75. The van der Waals surface area contributed by atoms with Gasteiger partial charge >= 0.3 is 0 Å². The minimum absolute atomic E-state index is 0.718. The number of hydrogen-bond acceptors (Lipinski definition) is 3. The number of nitrogens with one attached hydrogen (secondary N) is 1. The van der Waals surface area contributed by atoms with Crippen LogP contribution >= 0.6 is 22.9 Å². The minimum Gasteiger partial charge on any atom is -0.358 e. The molecule has 0 bridgehead atoms. The van der Waals surface area contributed by atoms with Gasteiger partial charge in [0.05, 0.1) is 5.69 Å². The maximum Gasteiger partial charge on any atom is 0.183 e. The van der Waals surface area contributed by atoms with E-state index in [1.54, 1.807) is 17.4 Å². The topological polar surface area (TPSA) is 24.9 Å². The van der Waals surface area contributed by atoms with E-state index in [2.05, 4.69) is 16.9 Å². The second kappa shape index (κ2) is 5.14. The van der Waals surface area contributed by atoms with Crippen LogP contribution in [0.15, 0.2) is 42.3 Å². The van der Waals surface area contributed by atoms with Crippen LogP contribution in [0.25, 0.3) is 11.3 Å². The van der Waals surface area contributed by atoms with E-state index in [0.29, 0.717) is 0 Å². The van der Waals surface area contributed by atoms with Gasteiger partial charge in [-0.25, -0.2) is 4.98 Å². The maximum absolute atomic E-state index is 6.10. The fourth-order valence-electron chi connectivity index (χ4n) is 1.31. The lowest BCUT2D eigenvalue weighted by atomic mass is 10.2. The Labute approximate surface area is 104 Å². The van der Waals surface area contributed by atoms with Gasteiger partial charge in [0.2, 0.25) is 0 Å². The first-order valence-electron chi connectivity index (χ1n) is 4.86. The first kappa shape index (κ1) is 11.2. The van der Waals surface area contributed by atoms with Crippen molar-refractivity contribution < 1.29 is 0 Å². The lowest BCUT2D eigenvalue weighted by Crippen LogP contribution is -1.96. The molecule has 16 heavy (non-hydrogen) atoms. The van der Waals surface area contributed by atoms with Gasteiger partial charge in [0.1, 0.15) is 0 Å². The number of thiazole rings is 1. The van der Waals surface area contributed by atoms with Gasteiger partial charge in [0.15, 0.2) is 5.13 Å². The molecule has 1 aromatic carbocycles. The van der Waals surface area contributed by atoms with Gasteiger partial charge in [-0.1, -0.05) is 35.9 Å². The van der Waals surface area contributed by atoms with Crippen LogP contribution in [0.3, 0.4) is 0 Å². The molecule has 2 rings (SSSR count). The van der Waals surface area contributed by atoms with Gasteiger partial charge in [0, 0.05) is 22.5 Å². The molecule has 0 radical (unpaired) electrons. The van der Waals surface area contributed by atoms with Crippen molar-refractivity contribution in [2.45, 2.75) is 0 Å². The molecule has 0 atom stereocenters. The highest BCUT2D eigenvalue weighted by atomic mass is 35.5. The molecule has 0 spiro atoms. The maximum atomic E-state index is 6.10. The third-order valence-electron chi connectivity index (χ3n) is 2.05. The van der Waals surface area contributed by atoms with Gasteiger partial charge in [-0.3, -0.25) is 0 Å². The van der Waals surface area contributed by atoms with Crippen LogP contribution in [-0.4, -0.2) is 11.5 Å². The molecule has 0 unspecified atom stereocenters. The number of aromatic nitrogens is 1. The summed E-state index contributed by atoms with van der Waals surface area (Å²) in [6.45, 7) is 4.37. The molecule has 1 N–H and O–H groups in total. The molecule has 4 heteroatoms.